The third-order valence-corrected chi connectivity index (χ3v) is 5.21. The van der Waals surface area contributed by atoms with Crippen molar-refractivity contribution in [2.45, 2.75) is 47.5 Å². The summed E-state index contributed by atoms with van der Waals surface area (Å²) in [7, 11) is 0. The normalized spacial score (nSPS) is 28.0. The van der Waals surface area contributed by atoms with E-state index in [9.17, 15) is 9.59 Å². The van der Waals surface area contributed by atoms with Crippen molar-refractivity contribution >= 4 is 11.9 Å². The minimum absolute atomic E-state index is 0.162. The molecule has 0 aromatic carbocycles. The third kappa shape index (κ3) is 4.05. The van der Waals surface area contributed by atoms with Crippen molar-refractivity contribution in [2.75, 3.05) is 0 Å². The lowest BCUT2D eigenvalue weighted by Crippen LogP contribution is -1.97. The molecule has 2 aliphatic rings. The van der Waals surface area contributed by atoms with Gasteiger partial charge in [-0.1, -0.05) is 31.6 Å². The van der Waals surface area contributed by atoms with E-state index < -0.39 is 5.97 Å². The summed E-state index contributed by atoms with van der Waals surface area (Å²) in [5, 5.41) is 9.02. The van der Waals surface area contributed by atoms with Crippen molar-refractivity contribution in [2.24, 2.45) is 17.3 Å². The first kappa shape index (κ1) is 18.2. The summed E-state index contributed by atoms with van der Waals surface area (Å²) in [4.78, 5) is 22.2. The molecule has 1 saturated carbocycles. The van der Waals surface area contributed by atoms with E-state index in [4.69, 9.17) is 9.84 Å². The summed E-state index contributed by atoms with van der Waals surface area (Å²) >= 11 is 0. The van der Waals surface area contributed by atoms with Crippen LogP contribution in [0, 0.1) is 17.3 Å². The summed E-state index contributed by atoms with van der Waals surface area (Å²) in [5.74, 6) is 0.306. The highest BCUT2D eigenvalue weighted by atomic mass is 16.5. The van der Waals surface area contributed by atoms with E-state index in [1.54, 1.807) is 6.92 Å². The number of aliphatic carboxylic acids is 1. The van der Waals surface area contributed by atoms with Gasteiger partial charge in [-0.3, -0.25) is 0 Å². The minimum atomic E-state index is -0.839. The molecular weight excluding hydrogens is 304 g/mol. The Morgan fingerprint density at radius 3 is 2.58 bits per heavy atom. The van der Waals surface area contributed by atoms with Gasteiger partial charge in [0.1, 0.15) is 5.76 Å². The molecule has 4 nitrogen and oxygen atoms in total. The van der Waals surface area contributed by atoms with Crippen LogP contribution in [0.2, 0.25) is 0 Å². The molecule has 1 aliphatic carbocycles. The van der Waals surface area contributed by atoms with Crippen LogP contribution in [0.25, 0.3) is 0 Å². The van der Waals surface area contributed by atoms with Crippen LogP contribution >= 0.6 is 0 Å². The first-order valence-electron chi connectivity index (χ1n) is 8.32. The van der Waals surface area contributed by atoms with Crippen LogP contribution in [0.15, 0.2) is 46.8 Å². The molecule has 0 aromatic heterocycles. The largest absolute Gasteiger partial charge is 0.478 e. The van der Waals surface area contributed by atoms with Gasteiger partial charge >= 0.3 is 11.9 Å². The maximum absolute atomic E-state index is 11.2. The number of hydrogen-bond acceptors (Lipinski definition) is 3. The quantitative estimate of drug-likeness (QED) is 0.579. The Hall–Kier alpha value is -2.10. The van der Waals surface area contributed by atoms with Crippen molar-refractivity contribution in [1.82, 2.24) is 0 Å². The van der Waals surface area contributed by atoms with Gasteiger partial charge in [0.05, 0.1) is 0 Å². The number of hydrogen-bond donors (Lipinski definition) is 1. The van der Waals surface area contributed by atoms with E-state index in [1.165, 1.54) is 11.6 Å². The van der Waals surface area contributed by atoms with E-state index in [0.29, 0.717) is 23.2 Å². The lowest BCUT2D eigenvalue weighted by atomic mass is 10.0. The van der Waals surface area contributed by atoms with Crippen molar-refractivity contribution in [3.63, 3.8) is 0 Å². The van der Waals surface area contributed by atoms with Gasteiger partial charge < -0.3 is 9.84 Å². The molecule has 2 unspecified atom stereocenters. The summed E-state index contributed by atoms with van der Waals surface area (Å²) in [5.41, 5.74) is 2.66. The number of allylic oxidation sites excluding steroid dienone is 5. The van der Waals surface area contributed by atoms with Gasteiger partial charge in [0.15, 0.2) is 0 Å². The molecule has 2 rings (SSSR count). The second kappa shape index (κ2) is 6.80. The maximum Gasteiger partial charge on any atom is 0.336 e. The maximum atomic E-state index is 11.2. The van der Waals surface area contributed by atoms with Gasteiger partial charge in [-0.15, -0.1) is 0 Å². The Balaban J connectivity index is 1.92. The monoisotopic (exact) mass is 330 g/mol. The molecule has 2 atom stereocenters. The smallest absolute Gasteiger partial charge is 0.336 e. The molecule has 1 N–H and O–H groups in total. The molecule has 1 aliphatic heterocycles. The van der Waals surface area contributed by atoms with Gasteiger partial charge in [-0.05, 0) is 62.5 Å². The van der Waals surface area contributed by atoms with Crippen LogP contribution in [-0.4, -0.2) is 17.0 Å². The van der Waals surface area contributed by atoms with Crippen LogP contribution in [-0.2, 0) is 14.3 Å². The zero-order chi connectivity index (χ0) is 18.1. The van der Waals surface area contributed by atoms with E-state index in [0.717, 1.165) is 18.4 Å². The molecule has 0 aromatic rings. The van der Waals surface area contributed by atoms with Crippen LogP contribution in [0.1, 0.15) is 47.5 Å². The van der Waals surface area contributed by atoms with E-state index in [2.05, 4.69) is 20.8 Å². The summed E-state index contributed by atoms with van der Waals surface area (Å²) in [6.45, 7) is 9.97. The number of carboxylic acids is 1. The number of carbonyl (C=O) groups is 2. The van der Waals surface area contributed by atoms with Crippen LogP contribution in [0.5, 0.6) is 0 Å². The standard InChI is InChI=1S/C20H26O4/c1-12(7-9-17-13(2)11-18(21)24-17)6-8-15-16(20(15,4)5)10-14(3)19(22)23/h7,9-11,15-16H,6,8H2,1-5H3,(H,22,23)/b12-7+,14-10+,17-9+. The first-order chi connectivity index (χ1) is 11.1. The zero-order valence-corrected chi connectivity index (χ0v) is 15.1. The molecule has 0 spiro atoms. The molecule has 0 amide bonds. The van der Waals surface area contributed by atoms with Gasteiger partial charge in [-0.25, -0.2) is 9.59 Å². The topological polar surface area (TPSA) is 63.6 Å². The molecule has 0 radical (unpaired) electrons. The minimum Gasteiger partial charge on any atom is -0.478 e. The van der Waals surface area contributed by atoms with E-state index in [-0.39, 0.29) is 11.4 Å². The van der Waals surface area contributed by atoms with Crippen LogP contribution in [0.3, 0.4) is 0 Å². The number of ether oxygens (including phenoxy) is 1. The van der Waals surface area contributed by atoms with Gasteiger partial charge in [0, 0.05) is 11.6 Å². The molecule has 0 bridgehead atoms. The second-order valence-electron chi connectivity index (χ2n) is 7.44. The Bertz CT molecular complexity index is 674. The lowest BCUT2D eigenvalue weighted by Gasteiger charge is -2.03. The fourth-order valence-corrected chi connectivity index (χ4v) is 3.33. The summed E-state index contributed by atoms with van der Waals surface area (Å²) < 4.78 is 5.10. The fourth-order valence-electron chi connectivity index (χ4n) is 3.33. The number of esters is 1. The molecule has 1 heterocycles. The Labute approximate surface area is 143 Å². The fraction of sp³-hybridized carbons (Fsp3) is 0.500. The summed E-state index contributed by atoms with van der Waals surface area (Å²) in [6.07, 6.45) is 9.21. The number of carboxylic acid groups (broad SMARTS) is 1. The average Bonchev–Trinajstić information content (AvgIpc) is 2.81. The van der Waals surface area contributed by atoms with Crippen LogP contribution in [0.4, 0.5) is 0 Å². The van der Waals surface area contributed by atoms with Gasteiger partial charge in [-0.2, -0.15) is 0 Å². The SMILES string of the molecule is CC1=CC(=O)O/C1=C/C=C(\C)CCC1C(/C=C(\C)C(=O)O)C1(C)C. The Morgan fingerprint density at radius 1 is 1.38 bits per heavy atom. The first-order valence-corrected chi connectivity index (χ1v) is 8.32. The highest BCUT2D eigenvalue weighted by Gasteiger charge is 2.55. The Kier molecular flexibility index (Phi) is 5.16. The predicted molar refractivity (Wildman–Crippen MR) is 93.1 cm³/mol. The number of carbonyl (C=O) groups excluding carboxylic acids is 1. The van der Waals surface area contributed by atoms with Crippen molar-refractivity contribution in [3.8, 4) is 0 Å². The predicted octanol–water partition coefficient (Wildman–Crippen LogP) is 4.40. The van der Waals surface area contributed by atoms with E-state index in [1.807, 2.05) is 25.2 Å². The molecule has 4 heteroatoms. The number of cyclic esters (lactones) is 1. The van der Waals surface area contributed by atoms with Crippen LogP contribution < -0.4 is 0 Å². The summed E-state index contributed by atoms with van der Waals surface area (Å²) in [6, 6.07) is 0. The third-order valence-electron chi connectivity index (χ3n) is 5.21. The van der Waals surface area contributed by atoms with Crippen molar-refractivity contribution in [3.05, 3.63) is 46.8 Å². The van der Waals surface area contributed by atoms with Crippen molar-refractivity contribution < 1.29 is 19.4 Å². The molecule has 0 saturated heterocycles. The zero-order valence-electron chi connectivity index (χ0n) is 15.1. The Morgan fingerprint density at radius 2 is 2.04 bits per heavy atom. The lowest BCUT2D eigenvalue weighted by molar-refractivity contribution is -0.133. The van der Waals surface area contributed by atoms with Crippen molar-refractivity contribution in [1.29, 1.82) is 0 Å². The average molecular weight is 330 g/mol. The molecule has 130 valence electrons. The number of rotatable bonds is 6. The highest BCUT2D eigenvalue weighted by molar-refractivity contribution is 5.88. The molecule has 24 heavy (non-hydrogen) atoms. The highest BCUT2D eigenvalue weighted by Crippen LogP contribution is 2.61. The van der Waals surface area contributed by atoms with E-state index >= 15 is 0 Å². The molecular formula is C20H26O4. The van der Waals surface area contributed by atoms with Gasteiger partial charge in [0.2, 0.25) is 0 Å². The second-order valence-corrected chi connectivity index (χ2v) is 7.44. The van der Waals surface area contributed by atoms with Gasteiger partial charge in [0.25, 0.3) is 0 Å². The molecule has 1 fully saturated rings.